The molecule has 0 aliphatic heterocycles. The summed E-state index contributed by atoms with van der Waals surface area (Å²) < 4.78 is 34.5. The summed E-state index contributed by atoms with van der Waals surface area (Å²) in [4.78, 5) is 0. The Balaban J connectivity index is 0.000000280. The molecule has 0 radical (unpaired) electrons. The van der Waals surface area contributed by atoms with Crippen molar-refractivity contribution in [3.05, 3.63) is 67.8 Å². The highest BCUT2D eigenvalue weighted by molar-refractivity contribution is 7.79. The van der Waals surface area contributed by atoms with Gasteiger partial charge in [0.05, 0.1) is 0 Å². The summed E-state index contributed by atoms with van der Waals surface area (Å²) >= 11 is 0.0287. The van der Waals surface area contributed by atoms with Crippen molar-refractivity contribution in [3.8, 4) is 0 Å². The van der Waals surface area contributed by atoms with Gasteiger partial charge in [-0.3, -0.25) is 9.11 Å². The summed E-state index contributed by atoms with van der Waals surface area (Å²) in [6, 6.07) is 21.4. The molecule has 0 amide bonds. The Morgan fingerprint density at radius 1 is 0.722 bits per heavy atom. The van der Waals surface area contributed by atoms with Gasteiger partial charge in [-0.1, -0.05) is 36.4 Å². The maximum Gasteiger partial charge on any atom is 0.394 e. The molecule has 2 aromatic carbocycles. The first kappa shape index (κ1) is 15.1. The topological polar surface area (TPSA) is 74.6 Å². The van der Waals surface area contributed by atoms with Gasteiger partial charge >= 0.3 is 31.6 Å². The smallest absolute Gasteiger partial charge is 0.264 e. The SMILES string of the molecule is O=S(=O)(O)O.c1ccc([I+]c2ccccc2)cc1. The molecule has 2 N–H and O–H groups in total. The highest BCUT2D eigenvalue weighted by atomic mass is 127. The van der Waals surface area contributed by atoms with Crippen molar-refractivity contribution in [1.82, 2.24) is 0 Å². The van der Waals surface area contributed by atoms with Crippen molar-refractivity contribution in [2.24, 2.45) is 0 Å². The van der Waals surface area contributed by atoms with Gasteiger partial charge in [-0.05, 0) is 24.3 Å². The molecule has 0 aliphatic carbocycles. The van der Waals surface area contributed by atoms with E-state index >= 15 is 0 Å². The standard InChI is InChI=1S/C12H10I.H2O4S/c1-3-7-11(8-4-1)13-12-9-5-2-6-10-12;1-5(2,3)4/h1-10H;(H2,1,2,3,4)/q+1;. The summed E-state index contributed by atoms with van der Waals surface area (Å²) in [6.07, 6.45) is 0. The van der Waals surface area contributed by atoms with E-state index in [1.165, 1.54) is 7.14 Å². The van der Waals surface area contributed by atoms with Gasteiger partial charge in [0, 0.05) is 0 Å². The Kier molecular flexibility index (Phi) is 6.27. The van der Waals surface area contributed by atoms with E-state index in [0.717, 1.165) is 0 Å². The fraction of sp³-hybridized carbons (Fsp3) is 0. The van der Waals surface area contributed by atoms with E-state index in [0.29, 0.717) is 0 Å². The second kappa shape index (κ2) is 7.47. The van der Waals surface area contributed by atoms with Crippen LogP contribution in [0.25, 0.3) is 0 Å². The molecule has 0 saturated carbocycles. The highest BCUT2D eigenvalue weighted by Crippen LogP contribution is 1.85. The largest absolute Gasteiger partial charge is 0.394 e. The Hall–Kier alpha value is -0.960. The molecule has 0 aliphatic rings. The maximum atomic E-state index is 8.74. The van der Waals surface area contributed by atoms with Crippen LogP contribution in [-0.2, 0) is 10.4 Å². The van der Waals surface area contributed by atoms with Crippen LogP contribution >= 0.6 is 0 Å². The van der Waals surface area contributed by atoms with Crippen LogP contribution < -0.4 is 21.2 Å². The van der Waals surface area contributed by atoms with E-state index in [-0.39, 0.29) is 21.2 Å². The first-order valence-corrected chi connectivity index (χ1v) is 8.45. The van der Waals surface area contributed by atoms with Gasteiger partial charge in [0.1, 0.15) is 0 Å². The normalized spacial score (nSPS) is 10.3. The predicted molar refractivity (Wildman–Crippen MR) is 64.5 cm³/mol. The minimum Gasteiger partial charge on any atom is -0.264 e. The number of benzene rings is 2. The van der Waals surface area contributed by atoms with Crippen molar-refractivity contribution in [1.29, 1.82) is 0 Å². The molecule has 0 aromatic heterocycles. The molecule has 2 aromatic rings. The fourth-order valence-electron chi connectivity index (χ4n) is 1.08. The molecule has 2 rings (SSSR count). The van der Waals surface area contributed by atoms with Crippen molar-refractivity contribution < 1.29 is 38.7 Å². The minimum absolute atomic E-state index is 0.0287. The lowest BCUT2D eigenvalue weighted by Crippen LogP contribution is -3.61. The summed E-state index contributed by atoms with van der Waals surface area (Å²) in [6.45, 7) is 0. The summed E-state index contributed by atoms with van der Waals surface area (Å²) in [5.74, 6) is 0. The lowest BCUT2D eigenvalue weighted by molar-refractivity contribution is -0.597. The van der Waals surface area contributed by atoms with Gasteiger partial charge in [0.25, 0.3) is 0 Å². The number of hydrogen-bond donors (Lipinski definition) is 2. The second-order valence-electron chi connectivity index (χ2n) is 3.13. The van der Waals surface area contributed by atoms with Gasteiger partial charge in [-0.2, -0.15) is 8.42 Å². The van der Waals surface area contributed by atoms with Crippen LogP contribution in [0.3, 0.4) is 0 Å². The third-order valence-electron chi connectivity index (χ3n) is 1.68. The van der Waals surface area contributed by atoms with Gasteiger partial charge in [-0.15, -0.1) is 0 Å². The number of hydrogen-bond acceptors (Lipinski definition) is 2. The molecular weight excluding hydrogens is 367 g/mol. The van der Waals surface area contributed by atoms with Crippen LogP contribution in [-0.4, -0.2) is 17.5 Å². The Bertz CT molecular complexity index is 510. The van der Waals surface area contributed by atoms with Crippen LogP contribution in [0.4, 0.5) is 0 Å². The van der Waals surface area contributed by atoms with Crippen molar-refractivity contribution in [2.45, 2.75) is 0 Å². The summed E-state index contributed by atoms with van der Waals surface area (Å²) in [5, 5.41) is 0. The fourth-order valence-corrected chi connectivity index (χ4v) is 3.35. The van der Waals surface area contributed by atoms with E-state index < -0.39 is 10.4 Å². The molecule has 0 fully saturated rings. The van der Waals surface area contributed by atoms with Crippen LogP contribution in [0.5, 0.6) is 0 Å². The molecule has 0 heterocycles. The van der Waals surface area contributed by atoms with E-state index in [1.54, 1.807) is 0 Å². The van der Waals surface area contributed by atoms with Crippen LogP contribution in [0, 0.1) is 7.14 Å². The van der Waals surface area contributed by atoms with Crippen LogP contribution in [0.2, 0.25) is 0 Å². The molecule has 0 saturated heterocycles. The van der Waals surface area contributed by atoms with Crippen LogP contribution in [0.15, 0.2) is 60.7 Å². The van der Waals surface area contributed by atoms with E-state index in [1.807, 2.05) is 0 Å². The Morgan fingerprint density at radius 3 is 1.28 bits per heavy atom. The highest BCUT2D eigenvalue weighted by Gasteiger charge is 2.12. The third kappa shape index (κ3) is 8.18. The average molecular weight is 379 g/mol. The molecule has 96 valence electrons. The first-order valence-electron chi connectivity index (χ1n) is 4.90. The quantitative estimate of drug-likeness (QED) is 0.528. The third-order valence-corrected chi connectivity index (χ3v) is 4.37. The Labute approximate surface area is 117 Å². The molecule has 4 nitrogen and oxygen atoms in total. The number of halogens is 1. The van der Waals surface area contributed by atoms with Crippen molar-refractivity contribution in [3.63, 3.8) is 0 Å². The molecule has 0 bridgehead atoms. The average Bonchev–Trinajstić information content (AvgIpc) is 2.29. The zero-order valence-electron chi connectivity index (χ0n) is 9.27. The van der Waals surface area contributed by atoms with Crippen molar-refractivity contribution >= 4 is 10.4 Å². The minimum atomic E-state index is -4.67. The lowest BCUT2D eigenvalue weighted by atomic mass is 10.4. The predicted octanol–water partition coefficient (Wildman–Crippen LogP) is -0.838. The van der Waals surface area contributed by atoms with E-state index in [4.69, 9.17) is 17.5 Å². The zero-order valence-corrected chi connectivity index (χ0v) is 12.2. The molecule has 0 atom stereocenters. The molecule has 0 spiro atoms. The molecule has 0 unspecified atom stereocenters. The Morgan fingerprint density at radius 2 is 1.00 bits per heavy atom. The summed E-state index contributed by atoms with van der Waals surface area (Å²) in [5.41, 5.74) is 0. The van der Waals surface area contributed by atoms with Gasteiger partial charge < -0.3 is 0 Å². The lowest BCUT2D eigenvalue weighted by Gasteiger charge is -1.84. The molecule has 6 heteroatoms. The maximum absolute atomic E-state index is 8.74. The monoisotopic (exact) mass is 379 g/mol. The molecular formula is C12H12IO4S+. The van der Waals surface area contributed by atoms with Crippen LogP contribution in [0.1, 0.15) is 0 Å². The van der Waals surface area contributed by atoms with Gasteiger partial charge in [0.15, 0.2) is 7.14 Å². The van der Waals surface area contributed by atoms with Gasteiger partial charge in [-0.25, -0.2) is 0 Å². The number of rotatable bonds is 2. The molecule has 18 heavy (non-hydrogen) atoms. The zero-order chi connectivity index (χ0) is 13.4. The van der Waals surface area contributed by atoms with E-state index in [2.05, 4.69) is 60.7 Å². The summed E-state index contributed by atoms with van der Waals surface area (Å²) in [7, 11) is -4.67. The van der Waals surface area contributed by atoms with Gasteiger partial charge in [0.2, 0.25) is 0 Å². The second-order valence-corrected chi connectivity index (χ2v) is 7.06. The van der Waals surface area contributed by atoms with Crippen molar-refractivity contribution in [2.75, 3.05) is 0 Å². The van der Waals surface area contributed by atoms with E-state index in [9.17, 15) is 0 Å². The first-order chi connectivity index (χ1) is 8.45.